The van der Waals surface area contributed by atoms with E-state index in [9.17, 15) is 4.79 Å². The Kier molecular flexibility index (Phi) is 4.25. The number of rotatable bonds is 2. The van der Waals surface area contributed by atoms with Crippen LogP contribution in [0.25, 0.3) is 10.9 Å². The molecular weight excluding hydrogens is 336 g/mol. The fourth-order valence-electron chi connectivity index (χ4n) is 5.54. The van der Waals surface area contributed by atoms with Crippen LogP contribution in [-0.4, -0.2) is 61.7 Å². The molecule has 0 radical (unpaired) electrons. The van der Waals surface area contributed by atoms with Gasteiger partial charge in [0.05, 0.1) is 13.1 Å². The predicted molar refractivity (Wildman–Crippen MR) is 106 cm³/mol. The Morgan fingerprint density at radius 2 is 2.00 bits per heavy atom. The van der Waals surface area contributed by atoms with Crippen LogP contribution in [0.3, 0.4) is 0 Å². The van der Waals surface area contributed by atoms with Gasteiger partial charge in [0.2, 0.25) is 0 Å². The molecule has 2 aromatic rings. The first kappa shape index (κ1) is 17.3. The van der Waals surface area contributed by atoms with Gasteiger partial charge in [-0.3, -0.25) is 4.79 Å². The van der Waals surface area contributed by atoms with E-state index in [2.05, 4.69) is 41.6 Å². The molecular formula is C22H32N4O+2. The van der Waals surface area contributed by atoms with Crippen LogP contribution in [-0.2, 0) is 17.8 Å². The normalized spacial score (nSPS) is 27.6. The number of likely N-dealkylation sites (N-methyl/N-ethyl adjacent to an activating group) is 1. The average molecular weight is 369 g/mol. The predicted octanol–water partition coefficient (Wildman–Crippen LogP) is -0.417. The maximum atomic E-state index is 13.2. The lowest BCUT2D eigenvalue weighted by Crippen LogP contribution is -3.27. The number of quaternary nitrogens is 2. The van der Waals surface area contributed by atoms with Gasteiger partial charge in [0, 0.05) is 29.7 Å². The van der Waals surface area contributed by atoms with Crippen molar-refractivity contribution in [3.05, 3.63) is 35.0 Å². The number of hydrogen-bond acceptors (Lipinski definition) is 1. The number of benzene rings is 1. The highest BCUT2D eigenvalue weighted by molar-refractivity contribution is 5.87. The molecule has 3 heterocycles. The van der Waals surface area contributed by atoms with Gasteiger partial charge in [0.25, 0.3) is 5.91 Å². The van der Waals surface area contributed by atoms with Crippen molar-refractivity contribution in [2.45, 2.75) is 38.8 Å². The van der Waals surface area contributed by atoms with E-state index in [1.165, 1.54) is 52.1 Å². The van der Waals surface area contributed by atoms with Gasteiger partial charge in [0.15, 0.2) is 6.54 Å². The van der Waals surface area contributed by atoms with Gasteiger partial charge in [-0.25, -0.2) is 0 Å². The molecule has 1 aromatic carbocycles. The molecule has 1 saturated heterocycles. The summed E-state index contributed by atoms with van der Waals surface area (Å²) in [6.45, 7) is 9.29. The Bertz CT molecular complexity index is 878. The van der Waals surface area contributed by atoms with Gasteiger partial charge in [-0.1, -0.05) is 11.6 Å². The summed E-state index contributed by atoms with van der Waals surface area (Å²) in [5.74, 6) is 0.370. The largest absolute Gasteiger partial charge is 0.341 e. The first-order valence-corrected chi connectivity index (χ1v) is 10.7. The summed E-state index contributed by atoms with van der Waals surface area (Å²) in [7, 11) is 2.26. The maximum absolute atomic E-state index is 13.2. The smallest absolute Gasteiger partial charge is 0.278 e. The molecule has 0 unspecified atom stereocenters. The van der Waals surface area contributed by atoms with Gasteiger partial charge in [-0.05, 0) is 43.9 Å². The number of piperazine rings is 1. The van der Waals surface area contributed by atoms with Crippen molar-refractivity contribution >= 4 is 16.8 Å². The molecule has 27 heavy (non-hydrogen) atoms. The van der Waals surface area contributed by atoms with Crippen LogP contribution in [0.1, 0.15) is 35.7 Å². The van der Waals surface area contributed by atoms with Gasteiger partial charge in [-0.2, -0.15) is 0 Å². The summed E-state index contributed by atoms with van der Waals surface area (Å²) in [5, 5.41) is 1.43. The van der Waals surface area contributed by atoms with Crippen molar-refractivity contribution in [2.24, 2.45) is 0 Å². The molecule has 1 aliphatic carbocycles. The van der Waals surface area contributed by atoms with Gasteiger partial charge < -0.3 is 19.3 Å². The topological polar surface area (TPSA) is 34.1 Å². The Morgan fingerprint density at radius 1 is 1.19 bits per heavy atom. The minimum atomic E-state index is 0.292. The summed E-state index contributed by atoms with van der Waals surface area (Å²) >= 11 is 0. The molecule has 144 valence electrons. The van der Waals surface area contributed by atoms with Gasteiger partial charge in [0.1, 0.15) is 26.2 Å². The van der Waals surface area contributed by atoms with Crippen molar-refractivity contribution in [1.82, 2.24) is 9.47 Å². The molecule has 1 atom stereocenters. The third kappa shape index (κ3) is 2.88. The van der Waals surface area contributed by atoms with Crippen LogP contribution in [0.15, 0.2) is 18.2 Å². The Balaban J connectivity index is 1.44. The SMILES string of the molecule is Cc1ccc2c(c1)c1c3n2CCN(C(=O)C[NH+]2CC[NH+](C)CC2)[C@@H]3CCC1. The van der Waals surface area contributed by atoms with Crippen molar-refractivity contribution < 1.29 is 14.6 Å². The second-order valence-electron chi connectivity index (χ2n) is 8.92. The molecule has 0 saturated carbocycles. The minimum absolute atomic E-state index is 0.292. The first-order valence-electron chi connectivity index (χ1n) is 10.7. The molecule has 1 aromatic heterocycles. The highest BCUT2D eigenvalue weighted by Crippen LogP contribution is 2.42. The number of carbonyl (C=O) groups excluding carboxylic acids is 1. The monoisotopic (exact) mass is 368 g/mol. The highest BCUT2D eigenvalue weighted by atomic mass is 16.2. The Labute approximate surface area is 161 Å². The zero-order valence-corrected chi connectivity index (χ0v) is 16.7. The number of aryl methyl sites for hydroxylation is 2. The third-order valence-corrected chi connectivity index (χ3v) is 7.06. The summed E-state index contributed by atoms with van der Waals surface area (Å²) in [4.78, 5) is 18.5. The maximum Gasteiger partial charge on any atom is 0.278 e. The number of hydrogen-bond donors (Lipinski definition) is 2. The standard InChI is InChI=1S/C22H30N4O/c1-16-6-7-19-18(14-16)17-4-3-5-20-22(17)26(19)13-12-25(20)21(27)15-24-10-8-23(2)9-11-24/h6-7,14,20H,3-5,8-13,15H2,1-2H3/p+2/t20-/m1/s1. The van der Waals surface area contributed by atoms with Crippen LogP contribution in [0.2, 0.25) is 0 Å². The second kappa shape index (κ2) is 6.64. The minimum Gasteiger partial charge on any atom is -0.341 e. The van der Waals surface area contributed by atoms with Crippen LogP contribution in [0.5, 0.6) is 0 Å². The van der Waals surface area contributed by atoms with Crippen molar-refractivity contribution in [3.8, 4) is 0 Å². The number of aromatic nitrogens is 1. The summed E-state index contributed by atoms with van der Waals surface area (Å²) < 4.78 is 2.52. The number of nitrogens with one attached hydrogen (secondary N) is 2. The van der Waals surface area contributed by atoms with Crippen LogP contribution in [0, 0.1) is 6.92 Å². The molecule has 0 bridgehead atoms. The van der Waals surface area contributed by atoms with E-state index >= 15 is 0 Å². The zero-order valence-electron chi connectivity index (χ0n) is 16.7. The summed E-state index contributed by atoms with van der Waals surface area (Å²) in [6, 6.07) is 7.15. The van der Waals surface area contributed by atoms with Crippen LogP contribution < -0.4 is 9.80 Å². The molecule has 1 fully saturated rings. The van der Waals surface area contributed by atoms with Crippen LogP contribution >= 0.6 is 0 Å². The fourth-order valence-corrected chi connectivity index (χ4v) is 5.54. The summed E-state index contributed by atoms with van der Waals surface area (Å²) in [6.07, 6.45) is 3.47. The van der Waals surface area contributed by atoms with Gasteiger partial charge >= 0.3 is 0 Å². The van der Waals surface area contributed by atoms with Gasteiger partial charge in [-0.15, -0.1) is 0 Å². The van der Waals surface area contributed by atoms with E-state index in [-0.39, 0.29) is 0 Å². The molecule has 2 N–H and O–H groups in total. The Hall–Kier alpha value is -1.85. The van der Waals surface area contributed by atoms with E-state index in [1.807, 2.05) is 0 Å². The summed E-state index contributed by atoms with van der Waals surface area (Å²) in [5.41, 5.74) is 5.66. The van der Waals surface area contributed by atoms with E-state index in [0.29, 0.717) is 18.5 Å². The van der Waals surface area contributed by atoms with Crippen molar-refractivity contribution in [2.75, 3.05) is 46.3 Å². The number of amides is 1. The van der Waals surface area contributed by atoms with E-state index in [4.69, 9.17) is 0 Å². The lowest BCUT2D eigenvalue weighted by atomic mass is 9.89. The van der Waals surface area contributed by atoms with Crippen molar-refractivity contribution in [1.29, 1.82) is 0 Å². The molecule has 0 spiro atoms. The average Bonchev–Trinajstić information content (AvgIpc) is 2.99. The molecule has 5 heteroatoms. The third-order valence-electron chi connectivity index (χ3n) is 7.06. The molecule has 3 aliphatic rings. The Morgan fingerprint density at radius 3 is 2.81 bits per heavy atom. The number of fused-ring (bicyclic) bond motifs is 3. The van der Waals surface area contributed by atoms with E-state index < -0.39 is 0 Å². The quantitative estimate of drug-likeness (QED) is 0.742. The number of carbonyl (C=O) groups is 1. The second-order valence-corrected chi connectivity index (χ2v) is 8.92. The zero-order chi connectivity index (χ0) is 18.5. The lowest BCUT2D eigenvalue weighted by molar-refractivity contribution is -1.000. The van der Waals surface area contributed by atoms with E-state index in [1.54, 1.807) is 4.90 Å². The lowest BCUT2D eigenvalue weighted by Gasteiger charge is -2.40. The van der Waals surface area contributed by atoms with Crippen LogP contribution in [0.4, 0.5) is 0 Å². The number of nitrogens with zero attached hydrogens (tertiary/aromatic N) is 2. The molecule has 1 amide bonds. The first-order chi connectivity index (χ1) is 13.1. The molecule has 2 aliphatic heterocycles. The highest BCUT2D eigenvalue weighted by Gasteiger charge is 2.38. The van der Waals surface area contributed by atoms with Crippen molar-refractivity contribution in [3.63, 3.8) is 0 Å². The molecule has 5 nitrogen and oxygen atoms in total. The fraction of sp³-hybridized carbons (Fsp3) is 0.591. The molecule has 5 rings (SSSR count). The van der Waals surface area contributed by atoms with E-state index in [0.717, 1.165) is 39.0 Å².